The van der Waals surface area contributed by atoms with E-state index in [4.69, 9.17) is 0 Å². The minimum atomic E-state index is -0.119. The Kier molecular flexibility index (Phi) is 3.96. The van der Waals surface area contributed by atoms with Crippen molar-refractivity contribution in [3.63, 3.8) is 0 Å². The lowest BCUT2D eigenvalue weighted by atomic mass is 10.2. The second-order valence-corrected chi connectivity index (χ2v) is 5.63. The average molecular weight is 332 g/mol. The predicted octanol–water partition coefficient (Wildman–Crippen LogP) is 2.05. The van der Waals surface area contributed by atoms with Crippen molar-refractivity contribution >= 4 is 16.8 Å². The number of fused-ring (bicyclic) bond motifs is 1. The van der Waals surface area contributed by atoms with Crippen molar-refractivity contribution < 1.29 is 4.79 Å². The number of aromatic nitrogens is 5. The summed E-state index contributed by atoms with van der Waals surface area (Å²) in [7, 11) is 0. The minimum absolute atomic E-state index is 0.119. The maximum atomic E-state index is 12.4. The lowest BCUT2D eigenvalue weighted by Gasteiger charge is -2.08. The molecule has 25 heavy (non-hydrogen) atoms. The number of rotatable bonds is 5. The normalized spacial score (nSPS) is 10.9. The first-order valence-corrected chi connectivity index (χ1v) is 7.97. The Morgan fingerprint density at radius 3 is 2.88 bits per heavy atom. The Hall–Kier alpha value is -3.48. The second-order valence-electron chi connectivity index (χ2n) is 5.63. The van der Waals surface area contributed by atoms with Gasteiger partial charge in [-0.25, -0.2) is 4.68 Å². The summed E-state index contributed by atoms with van der Waals surface area (Å²) in [6.07, 6.45) is 3.53. The highest BCUT2D eigenvalue weighted by Crippen LogP contribution is 2.14. The van der Waals surface area contributed by atoms with Crippen LogP contribution in [0.4, 0.5) is 0 Å². The molecule has 1 amide bonds. The summed E-state index contributed by atoms with van der Waals surface area (Å²) in [5, 5.41) is 15.2. The number of benzene rings is 2. The number of nitrogens with one attached hydrogen (secondary N) is 1. The van der Waals surface area contributed by atoms with Crippen LogP contribution >= 0.6 is 0 Å². The highest BCUT2D eigenvalue weighted by Gasteiger charge is 2.07. The summed E-state index contributed by atoms with van der Waals surface area (Å²) in [6, 6.07) is 17.5. The molecule has 4 rings (SSSR count). The number of nitrogens with zero attached hydrogens (tertiary/aromatic N) is 5. The summed E-state index contributed by atoms with van der Waals surface area (Å²) in [5.74, 6) is -0.119. The van der Waals surface area contributed by atoms with Gasteiger partial charge in [0.2, 0.25) is 0 Å². The van der Waals surface area contributed by atoms with Crippen molar-refractivity contribution in [2.75, 3.05) is 6.54 Å². The van der Waals surface area contributed by atoms with Crippen LogP contribution in [0.25, 0.3) is 16.6 Å². The van der Waals surface area contributed by atoms with E-state index in [1.165, 1.54) is 16.4 Å². The van der Waals surface area contributed by atoms with Crippen molar-refractivity contribution in [3.05, 3.63) is 72.7 Å². The topological polar surface area (TPSA) is 77.6 Å². The van der Waals surface area contributed by atoms with Gasteiger partial charge >= 0.3 is 0 Å². The van der Waals surface area contributed by atoms with Crippen LogP contribution in [0, 0.1) is 0 Å². The molecule has 2 aromatic heterocycles. The lowest BCUT2D eigenvalue weighted by molar-refractivity contribution is 0.0952. The van der Waals surface area contributed by atoms with Gasteiger partial charge in [0.05, 0.1) is 5.69 Å². The molecule has 2 heterocycles. The van der Waals surface area contributed by atoms with E-state index in [2.05, 4.69) is 43.6 Å². The fraction of sp³-hybridized carbons (Fsp3) is 0.111. The second kappa shape index (κ2) is 6.56. The molecule has 0 bridgehead atoms. The number of amides is 1. The molecular weight excluding hydrogens is 316 g/mol. The minimum Gasteiger partial charge on any atom is -0.350 e. The number of carbonyl (C=O) groups is 1. The van der Waals surface area contributed by atoms with E-state index >= 15 is 0 Å². The number of para-hydroxylation sites is 1. The van der Waals surface area contributed by atoms with Crippen LogP contribution in [0.2, 0.25) is 0 Å². The van der Waals surface area contributed by atoms with E-state index in [0.717, 1.165) is 11.2 Å². The fourth-order valence-corrected chi connectivity index (χ4v) is 2.80. The maximum Gasteiger partial charge on any atom is 0.251 e. The van der Waals surface area contributed by atoms with Gasteiger partial charge in [0.15, 0.2) is 0 Å². The Labute approximate surface area is 143 Å². The number of carbonyl (C=O) groups excluding carboxylic acids is 1. The van der Waals surface area contributed by atoms with Crippen LogP contribution < -0.4 is 5.32 Å². The summed E-state index contributed by atoms with van der Waals surface area (Å²) >= 11 is 0. The van der Waals surface area contributed by atoms with E-state index in [1.807, 2.05) is 30.5 Å². The molecule has 0 fully saturated rings. The molecule has 0 saturated heterocycles. The number of tetrazole rings is 1. The van der Waals surface area contributed by atoms with Gasteiger partial charge in [0, 0.05) is 30.4 Å². The third kappa shape index (κ3) is 3.12. The summed E-state index contributed by atoms with van der Waals surface area (Å²) < 4.78 is 3.65. The highest BCUT2D eigenvalue weighted by atomic mass is 16.1. The fourth-order valence-electron chi connectivity index (χ4n) is 2.80. The van der Waals surface area contributed by atoms with Crippen molar-refractivity contribution in [1.82, 2.24) is 30.1 Å². The monoisotopic (exact) mass is 332 g/mol. The molecule has 2 aromatic carbocycles. The highest BCUT2D eigenvalue weighted by molar-refractivity contribution is 5.94. The average Bonchev–Trinajstić information content (AvgIpc) is 3.32. The zero-order valence-corrected chi connectivity index (χ0v) is 13.4. The van der Waals surface area contributed by atoms with Crippen molar-refractivity contribution in [2.24, 2.45) is 0 Å². The van der Waals surface area contributed by atoms with Crippen LogP contribution in [-0.4, -0.2) is 37.2 Å². The molecule has 0 aliphatic carbocycles. The maximum absolute atomic E-state index is 12.4. The predicted molar refractivity (Wildman–Crippen MR) is 93.4 cm³/mol. The molecule has 0 unspecified atom stereocenters. The van der Waals surface area contributed by atoms with Crippen LogP contribution in [0.3, 0.4) is 0 Å². The Morgan fingerprint density at radius 1 is 1.08 bits per heavy atom. The van der Waals surface area contributed by atoms with Crippen molar-refractivity contribution in [2.45, 2.75) is 6.54 Å². The van der Waals surface area contributed by atoms with E-state index in [1.54, 1.807) is 12.1 Å². The molecule has 124 valence electrons. The first-order chi connectivity index (χ1) is 12.3. The molecule has 7 nitrogen and oxygen atoms in total. The van der Waals surface area contributed by atoms with E-state index in [0.29, 0.717) is 18.7 Å². The van der Waals surface area contributed by atoms with Gasteiger partial charge in [0.1, 0.15) is 6.33 Å². The van der Waals surface area contributed by atoms with Gasteiger partial charge in [-0.15, -0.1) is 5.10 Å². The number of hydrogen-bond donors (Lipinski definition) is 1. The first-order valence-electron chi connectivity index (χ1n) is 7.97. The molecule has 0 atom stereocenters. The molecular formula is C18H16N6O. The summed E-state index contributed by atoms with van der Waals surface area (Å²) in [5.41, 5.74) is 2.48. The SMILES string of the molecule is O=C(NCCn1ccc2ccccc21)c1cccc(-n2cnnn2)c1. The van der Waals surface area contributed by atoms with Crippen molar-refractivity contribution in [3.8, 4) is 5.69 Å². The van der Waals surface area contributed by atoms with Crippen LogP contribution in [0.1, 0.15) is 10.4 Å². The smallest absolute Gasteiger partial charge is 0.251 e. The van der Waals surface area contributed by atoms with Gasteiger partial charge in [0.25, 0.3) is 5.91 Å². The van der Waals surface area contributed by atoms with E-state index < -0.39 is 0 Å². The summed E-state index contributed by atoms with van der Waals surface area (Å²) in [6.45, 7) is 1.26. The Morgan fingerprint density at radius 2 is 2.00 bits per heavy atom. The lowest BCUT2D eigenvalue weighted by Crippen LogP contribution is -2.27. The molecule has 4 aromatic rings. The van der Waals surface area contributed by atoms with Gasteiger partial charge in [-0.1, -0.05) is 24.3 Å². The third-order valence-corrected chi connectivity index (χ3v) is 4.04. The standard InChI is InChI=1S/C18H16N6O/c25-18(15-5-3-6-16(12-15)24-13-20-21-22-24)19-9-11-23-10-8-14-4-1-2-7-17(14)23/h1-8,10,12-13H,9,11H2,(H,19,25). The van der Waals surface area contributed by atoms with Crippen LogP contribution in [0.15, 0.2) is 67.1 Å². The first kappa shape index (κ1) is 15.1. The van der Waals surface area contributed by atoms with Gasteiger partial charge in [-0.3, -0.25) is 4.79 Å². The molecule has 0 spiro atoms. The van der Waals surface area contributed by atoms with Gasteiger partial charge in [-0.2, -0.15) is 0 Å². The van der Waals surface area contributed by atoms with E-state index in [9.17, 15) is 4.79 Å². The molecule has 0 saturated carbocycles. The molecule has 1 N–H and O–H groups in total. The van der Waals surface area contributed by atoms with E-state index in [-0.39, 0.29) is 5.91 Å². The van der Waals surface area contributed by atoms with Crippen LogP contribution in [0.5, 0.6) is 0 Å². The molecule has 7 heteroatoms. The Bertz CT molecular complexity index is 1010. The molecule has 0 aliphatic heterocycles. The zero-order chi connectivity index (χ0) is 17.1. The number of hydrogen-bond acceptors (Lipinski definition) is 4. The quantitative estimate of drug-likeness (QED) is 0.607. The zero-order valence-electron chi connectivity index (χ0n) is 13.4. The molecule has 0 radical (unpaired) electrons. The Balaban J connectivity index is 1.42. The van der Waals surface area contributed by atoms with Gasteiger partial charge < -0.3 is 9.88 Å². The largest absolute Gasteiger partial charge is 0.350 e. The summed E-state index contributed by atoms with van der Waals surface area (Å²) in [4.78, 5) is 12.4. The van der Waals surface area contributed by atoms with Crippen LogP contribution in [-0.2, 0) is 6.54 Å². The molecule has 0 aliphatic rings. The third-order valence-electron chi connectivity index (χ3n) is 4.04. The van der Waals surface area contributed by atoms with Gasteiger partial charge in [-0.05, 0) is 46.1 Å². The van der Waals surface area contributed by atoms with Crippen molar-refractivity contribution in [1.29, 1.82) is 0 Å².